The number of anilines is 1. The molecule has 0 atom stereocenters. The van der Waals surface area contributed by atoms with Crippen molar-refractivity contribution >= 4 is 11.9 Å². The number of benzene rings is 1. The second-order valence-electron chi connectivity index (χ2n) is 4.12. The van der Waals surface area contributed by atoms with E-state index in [2.05, 4.69) is 30.2 Å². The van der Waals surface area contributed by atoms with Crippen LogP contribution in [-0.2, 0) is 12.8 Å². The van der Waals surface area contributed by atoms with Crippen LogP contribution in [0.25, 0.3) is 0 Å². The number of hydrogen-bond acceptors (Lipinski definition) is 3. The van der Waals surface area contributed by atoms with Crippen LogP contribution in [0.4, 0.5) is 5.69 Å². The second-order valence-corrected chi connectivity index (χ2v) is 4.12. The molecule has 3 nitrogen and oxygen atoms in total. The van der Waals surface area contributed by atoms with Gasteiger partial charge in [-0.25, -0.2) is 0 Å². The lowest BCUT2D eigenvalue weighted by molar-refractivity contribution is 0.322. The maximum atomic E-state index is 8.59. The zero-order valence-corrected chi connectivity index (χ0v) is 9.20. The van der Waals surface area contributed by atoms with Crippen molar-refractivity contribution in [2.75, 3.05) is 19.0 Å². The molecule has 0 radical (unpaired) electrons. The van der Waals surface area contributed by atoms with Crippen molar-refractivity contribution in [1.29, 1.82) is 0 Å². The van der Waals surface area contributed by atoms with Gasteiger partial charge < -0.3 is 10.1 Å². The van der Waals surface area contributed by atoms with E-state index in [9.17, 15) is 0 Å². The summed E-state index contributed by atoms with van der Waals surface area (Å²) in [7, 11) is 4.13. The number of fused-ring (bicyclic) bond motifs is 1. The molecule has 0 saturated heterocycles. The van der Waals surface area contributed by atoms with Gasteiger partial charge in [0.25, 0.3) is 0 Å². The van der Waals surface area contributed by atoms with E-state index in [1.165, 1.54) is 29.4 Å². The van der Waals surface area contributed by atoms with E-state index in [0.29, 0.717) is 0 Å². The molecule has 2 rings (SSSR count). The third-order valence-corrected chi connectivity index (χ3v) is 2.97. The van der Waals surface area contributed by atoms with E-state index in [-0.39, 0.29) is 0 Å². The predicted octanol–water partition coefficient (Wildman–Crippen LogP) is 2.05. The van der Waals surface area contributed by atoms with Crippen molar-refractivity contribution < 1.29 is 5.21 Å². The molecular weight excluding hydrogens is 188 g/mol. The van der Waals surface area contributed by atoms with Crippen molar-refractivity contribution in [3.63, 3.8) is 0 Å². The SMILES string of the molecule is CN(C)c1ccc(C=NO)c2c1CCC2. The average Bonchev–Trinajstić information content (AvgIpc) is 2.66. The Hall–Kier alpha value is -1.51. The fourth-order valence-electron chi connectivity index (χ4n) is 2.32. The minimum Gasteiger partial charge on any atom is -0.411 e. The van der Waals surface area contributed by atoms with Crippen LogP contribution in [0.3, 0.4) is 0 Å². The van der Waals surface area contributed by atoms with Gasteiger partial charge in [0.1, 0.15) is 0 Å². The van der Waals surface area contributed by atoms with Gasteiger partial charge in [-0.1, -0.05) is 11.2 Å². The summed E-state index contributed by atoms with van der Waals surface area (Å²) in [4.78, 5) is 2.14. The Morgan fingerprint density at radius 2 is 2.00 bits per heavy atom. The molecule has 15 heavy (non-hydrogen) atoms. The monoisotopic (exact) mass is 204 g/mol. The molecule has 1 aliphatic rings. The highest BCUT2D eigenvalue weighted by molar-refractivity contribution is 5.84. The highest BCUT2D eigenvalue weighted by Gasteiger charge is 2.18. The fraction of sp³-hybridized carbons (Fsp3) is 0.417. The summed E-state index contributed by atoms with van der Waals surface area (Å²) in [5, 5.41) is 11.7. The molecule has 80 valence electrons. The van der Waals surface area contributed by atoms with Crippen molar-refractivity contribution in [3.8, 4) is 0 Å². The van der Waals surface area contributed by atoms with Crippen molar-refractivity contribution in [3.05, 3.63) is 28.8 Å². The van der Waals surface area contributed by atoms with Gasteiger partial charge in [0.2, 0.25) is 0 Å². The molecule has 1 N–H and O–H groups in total. The van der Waals surface area contributed by atoms with E-state index in [4.69, 9.17) is 5.21 Å². The van der Waals surface area contributed by atoms with Gasteiger partial charge in [-0.2, -0.15) is 0 Å². The van der Waals surface area contributed by atoms with Crippen LogP contribution in [0.15, 0.2) is 17.3 Å². The van der Waals surface area contributed by atoms with Gasteiger partial charge in [-0.3, -0.25) is 0 Å². The number of rotatable bonds is 2. The summed E-state index contributed by atoms with van der Waals surface area (Å²) in [5.41, 5.74) is 5.10. The van der Waals surface area contributed by atoms with E-state index in [1.807, 2.05) is 6.07 Å². The number of oxime groups is 1. The number of nitrogens with zero attached hydrogens (tertiary/aromatic N) is 2. The first-order chi connectivity index (χ1) is 7.24. The molecule has 0 amide bonds. The third-order valence-electron chi connectivity index (χ3n) is 2.97. The molecule has 0 spiro atoms. The first-order valence-electron chi connectivity index (χ1n) is 5.23. The van der Waals surface area contributed by atoms with Crippen LogP contribution >= 0.6 is 0 Å². The summed E-state index contributed by atoms with van der Waals surface area (Å²) in [6, 6.07) is 4.13. The molecule has 0 unspecified atom stereocenters. The van der Waals surface area contributed by atoms with E-state index in [0.717, 1.165) is 18.4 Å². The molecule has 3 heteroatoms. The van der Waals surface area contributed by atoms with Crippen LogP contribution in [0, 0.1) is 0 Å². The van der Waals surface area contributed by atoms with Crippen LogP contribution in [0.2, 0.25) is 0 Å². The fourth-order valence-corrected chi connectivity index (χ4v) is 2.32. The molecule has 1 aromatic carbocycles. The summed E-state index contributed by atoms with van der Waals surface area (Å²) >= 11 is 0. The van der Waals surface area contributed by atoms with Crippen LogP contribution in [0.5, 0.6) is 0 Å². The Morgan fingerprint density at radius 3 is 2.67 bits per heavy atom. The molecular formula is C12H16N2O. The summed E-state index contributed by atoms with van der Waals surface area (Å²) in [6.45, 7) is 0. The molecule has 0 aliphatic heterocycles. The summed E-state index contributed by atoms with van der Waals surface area (Å²) in [6.07, 6.45) is 4.96. The smallest absolute Gasteiger partial charge is 0.0736 e. The van der Waals surface area contributed by atoms with E-state index in [1.54, 1.807) is 0 Å². The van der Waals surface area contributed by atoms with Crippen LogP contribution in [0.1, 0.15) is 23.1 Å². The van der Waals surface area contributed by atoms with E-state index >= 15 is 0 Å². The van der Waals surface area contributed by atoms with Crippen LogP contribution in [-0.4, -0.2) is 25.5 Å². The van der Waals surface area contributed by atoms with Gasteiger partial charge >= 0.3 is 0 Å². The average molecular weight is 204 g/mol. The molecule has 0 bridgehead atoms. The topological polar surface area (TPSA) is 35.8 Å². The molecule has 0 fully saturated rings. The van der Waals surface area contributed by atoms with Crippen LogP contribution < -0.4 is 4.90 Å². The normalized spacial score (nSPS) is 14.5. The Kier molecular flexibility index (Phi) is 2.62. The minimum atomic E-state index is 1.05. The zero-order chi connectivity index (χ0) is 10.8. The van der Waals surface area contributed by atoms with Gasteiger partial charge in [-0.15, -0.1) is 0 Å². The highest BCUT2D eigenvalue weighted by Crippen LogP contribution is 2.32. The minimum absolute atomic E-state index is 1.05. The quantitative estimate of drug-likeness (QED) is 0.454. The summed E-state index contributed by atoms with van der Waals surface area (Å²) < 4.78 is 0. The molecule has 1 aliphatic carbocycles. The Morgan fingerprint density at radius 1 is 1.27 bits per heavy atom. The van der Waals surface area contributed by atoms with E-state index < -0.39 is 0 Å². The predicted molar refractivity (Wildman–Crippen MR) is 62.2 cm³/mol. The largest absolute Gasteiger partial charge is 0.411 e. The maximum Gasteiger partial charge on any atom is 0.0736 e. The first-order valence-corrected chi connectivity index (χ1v) is 5.23. The summed E-state index contributed by atoms with van der Waals surface area (Å²) in [5.74, 6) is 0. The lowest BCUT2D eigenvalue weighted by Gasteiger charge is -2.18. The van der Waals surface area contributed by atoms with Gasteiger partial charge in [-0.05, 0) is 42.0 Å². The maximum absolute atomic E-state index is 8.59. The zero-order valence-electron chi connectivity index (χ0n) is 9.20. The Bertz CT molecular complexity index is 397. The molecule has 0 heterocycles. The standard InChI is InChI=1S/C12H16N2O/c1-14(2)12-7-6-9(8-13-15)10-4-3-5-11(10)12/h6-8,15H,3-5H2,1-2H3. The molecule has 0 saturated carbocycles. The van der Waals surface area contributed by atoms with Crippen molar-refractivity contribution in [1.82, 2.24) is 0 Å². The third kappa shape index (κ3) is 1.69. The van der Waals surface area contributed by atoms with Gasteiger partial charge in [0, 0.05) is 19.8 Å². The Labute approximate surface area is 90.0 Å². The number of hydrogen-bond donors (Lipinski definition) is 1. The lowest BCUT2D eigenvalue weighted by atomic mass is 10.0. The molecule has 0 aromatic heterocycles. The first kappa shape index (κ1) is 10.0. The van der Waals surface area contributed by atoms with Crippen molar-refractivity contribution in [2.45, 2.75) is 19.3 Å². The lowest BCUT2D eigenvalue weighted by Crippen LogP contribution is -2.11. The highest BCUT2D eigenvalue weighted by atomic mass is 16.4. The molecule has 1 aromatic rings. The van der Waals surface area contributed by atoms with Gasteiger partial charge in [0.15, 0.2) is 0 Å². The Balaban J connectivity index is 2.53. The van der Waals surface area contributed by atoms with Gasteiger partial charge in [0.05, 0.1) is 6.21 Å². The van der Waals surface area contributed by atoms with Crippen molar-refractivity contribution in [2.24, 2.45) is 5.16 Å². The second kappa shape index (κ2) is 3.93.